The smallest absolute Gasteiger partial charge is 0.256 e. The molecular formula is C13H19Cl2NO2. The molecule has 0 aliphatic carbocycles. The van der Waals surface area contributed by atoms with Crippen molar-refractivity contribution in [2.24, 2.45) is 0 Å². The Bertz CT molecular complexity index is 368. The highest BCUT2D eigenvalue weighted by Crippen LogP contribution is 2.19. The van der Waals surface area contributed by atoms with Crippen LogP contribution in [0.5, 0.6) is 5.75 Å². The number of rotatable bonds is 7. The zero-order valence-electron chi connectivity index (χ0n) is 10.7. The molecule has 3 nitrogen and oxygen atoms in total. The molecule has 0 bridgehead atoms. The van der Waals surface area contributed by atoms with Crippen LogP contribution in [0.1, 0.15) is 24.2 Å². The molecule has 5 heteroatoms. The molecule has 18 heavy (non-hydrogen) atoms. The molecule has 1 rings (SSSR count). The van der Waals surface area contributed by atoms with Crippen molar-refractivity contribution in [3.63, 3.8) is 0 Å². The van der Waals surface area contributed by atoms with Gasteiger partial charge >= 0.3 is 0 Å². The SMILES string of the molecule is CCN(CC)CCOc1ccccc1C(=O)Cl.Cl. The summed E-state index contributed by atoms with van der Waals surface area (Å²) < 4.78 is 5.59. The van der Waals surface area contributed by atoms with Gasteiger partial charge in [0.15, 0.2) is 0 Å². The monoisotopic (exact) mass is 291 g/mol. The summed E-state index contributed by atoms with van der Waals surface area (Å²) in [6.07, 6.45) is 0. The van der Waals surface area contributed by atoms with Gasteiger partial charge < -0.3 is 9.64 Å². The van der Waals surface area contributed by atoms with Gasteiger partial charge in [-0.3, -0.25) is 4.79 Å². The van der Waals surface area contributed by atoms with Gasteiger partial charge in [0.25, 0.3) is 5.24 Å². The van der Waals surface area contributed by atoms with Crippen molar-refractivity contribution in [2.45, 2.75) is 13.8 Å². The highest BCUT2D eigenvalue weighted by Gasteiger charge is 2.09. The maximum atomic E-state index is 11.2. The summed E-state index contributed by atoms with van der Waals surface area (Å²) in [7, 11) is 0. The Kier molecular flexibility index (Phi) is 8.81. The molecule has 0 aromatic heterocycles. The van der Waals surface area contributed by atoms with Gasteiger partial charge in [-0.25, -0.2) is 0 Å². The molecule has 0 aliphatic rings. The number of hydrogen-bond donors (Lipinski definition) is 0. The van der Waals surface area contributed by atoms with Crippen LogP contribution in [0.2, 0.25) is 0 Å². The number of benzene rings is 1. The van der Waals surface area contributed by atoms with Crippen LogP contribution in [0.15, 0.2) is 24.3 Å². The van der Waals surface area contributed by atoms with Crippen molar-refractivity contribution in [3.8, 4) is 5.75 Å². The molecule has 102 valence electrons. The minimum absolute atomic E-state index is 0. The third kappa shape index (κ3) is 5.25. The number of nitrogens with zero attached hydrogens (tertiary/aromatic N) is 1. The van der Waals surface area contributed by atoms with E-state index < -0.39 is 5.24 Å². The summed E-state index contributed by atoms with van der Waals surface area (Å²) in [5.41, 5.74) is 0.425. The molecule has 0 saturated carbocycles. The van der Waals surface area contributed by atoms with Crippen LogP contribution in [0.3, 0.4) is 0 Å². The fraction of sp³-hybridized carbons (Fsp3) is 0.462. The van der Waals surface area contributed by atoms with E-state index in [4.69, 9.17) is 16.3 Å². The third-order valence-corrected chi connectivity index (χ3v) is 2.86. The molecule has 0 saturated heterocycles. The van der Waals surface area contributed by atoms with Crippen LogP contribution in [0.25, 0.3) is 0 Å². The molecular weight excluding hydrogens is 273 g/mol. The Labute approximate surface area is 119 Å². The molecule has 1 aromatic carbocycles. The average Bonchev–Trinajstić information content (AvgIpc) is 2.35. The van der Waals surface area contributed by atoms with E-state index in [0.717, 1.165) is 19.6 Å². The quantitative estimate of drug-likeness (QED) is 0.723. The second kappa shape index (κ2) is 9.20. The summed E-state index contributed by atoms with van der Waals surface area (Å²) in [6, 6.07) is 7.03. The predicted molar refractivity (Wildman–Crippen MR) is 77.2 cm³/mol. The predicted octanol–water partition coefficient (Wildman–Crippen LogP) is 3.21. The van der Waals surface area contributed by atoms with Gasteiger partial charge in [0.05, 0.1) is 5.56 Å². The summed E-state index contributed by atoms with van der Waals surface area (Å²) in [5, 5.41) is -0.483. The van der Waals surface area contributed by atoms with Crippen molar-refractivity contribution < 1.29 is 9.53 Å². The van der Waals surface area contributed by atoms with E-state index in [9.17, 15) is 4.79 Å². The molecule has 0 amide bonds. The van der Waals surface area contributed by atoms with E-state index >= 15 is 0 Å². The van der Waals surface area contributed by atoms with Crippen LogP contribution >= 0.6 is 24.0 Å². The minimum atomic E-state index is -0.483. The number of hydrogen-bond acceptors (Lipinski definition) is 3. The second-order valence-corrected chi connectivity index (χ2v) is 3.99. The van der Waals surface area contributed by atoms with Crippen molar-refractivity contribution in [1.82, 2.24) is 4.90 Å². The lowest BCUT2D eigenvalue weighted by Gasteiger charge is -2.18. The van der Waals surface area contributed by atoms with Gasteiger partial charge in [-0.1, -0.05) is 26.0 Å². The zero-order valence-corrected chi connectivity index (χ0v) is 12.3. The first-order valence-corrected chi connectivity index (χ1v) is 6.20. The van der Waals surface area contributed by atoms with Gasteiger partial charge in [0.2, 0.25) is 0 Å². The number of halogens is 2. The first-order valence-electron chi connectivity index (χ1n) is 5.83. The maximum Gasteiger partial charge on any atom is 0.256 e. The standard InChI is InChI=1S/C13H18ClNO2.ClH/c1-3-15(4-2)9-10-17-12-8-6-5-7-11(12)13(14)16;/h5-8H,3-4,9-10H2,1-2H3;1H. The lowest BCUT2D eigenvalue weighted by molar-refractivity contribution is 0.107. The highest BCUT2D eigenvalue weighted by atomic mass is 35.5. The lowest BCUT2D eigenvalue weighted by atomic mass is 10.2. The third-order valence-electron chi connectivity index (χ3n) is 2.66. The fourth-order valence-corrected chi connectivity index (χ4v) is 1.74. The molecule has 0 fully saturated rings. The van der Waals surface area contributed by atoms with E-state index in [-0.39, 0.29) is 12.4 Å². The number of para-hydroxylation sites is 1. The van der Waals surface area contributed by atoms with Crippen molar-refractivity contribution >= 4 is 29.3 Å². The first-order chi connectivity index (χ1) is 8.19. The van der Waals surface area contributed by atoms with Crippen LogP contribution in [-0.4, -0.2) is 36.4 Å². The minimum Gasteiger partial charge on any atom is -0.491 e. The van der Waals surface area contributed by atoms with Crippen molar-refractivity contribution in [3.05, 3.63) is 29.8 Å². The van der Waals surface area contributed by atoms with Crippen molar-refractivity contribution in [1.29, 1.82) is 0 Å². The zero-order chi connectivity index (χ0) is 12.7. The number of likely N-dealkylation sites (N-methyl/N-ethyl adjacent to an activating group) is 1. The Morgan fingerprint density at radius 1 is 1.28 bits per heavy atom. The van der Waals surface area contributed by atoms with E-state index in [0.29, 0.717) is 17.9 Å². The fourth-order valence-electron chi connectivity index (χ4n) is 1.58. The van der Waals surface area contributed by atoms with Gasteiger partial charge in [-0.05, 0) is 36.8 Å². The molecule has 0 N–H and O–H groups in total. The van der Waals surface area contributed by atoms with Gasteiger partial charge in [0, 0.05) is 6.54 Å². The Hall–Kier alpha value is -0.770. The Morgan fingerprint density at radius 2 is 1.89 bits per heavy atom. The Balaban J connectivity index is 0.00000289. The molecule has 1 aromatic rings. The van der Waals surface area contributed by atoms with Crippen LogP contribution in [0.4, 0.5) is 0 Å². The van der Waals surface area contributed by atoms with Crippen LogP contribution < -0.4 is 4.74 Å². The molecule has 0 atom stereocenters. The molecule has 0 spiro atoms. The molecule has 0 unspecified atom stereocenters. The second-order valence-electron chi connectivity index (χ2n) is 3.65. The molecule has 0 radical (unpaired) electrons. The number of ether oxygens (including phenoxy) is 1. The lowest BCUT2D eigenvalue weighted by Crippen LogP contribution is -2.28. The van der Waals surface area contributed by atoms with E-state index in [2.05, 4.69) is 18.7 Å². The van der Waals surface area contributed by atoms with Crippen molar-refractivity contribution in [2.75, 3.05) is 26.2 Å². The van der Waals surface area contributed by atoms with E-state index in [1.807, 2.05) is 6.07 Å². The van der Waals surface area contributed by atoms with Crippen LogP contribution in [0, 0.1) is 0 Å². The van der Waals surface area contributed by atoms with Crippen LogP contribution in [-0.2, 0) is 0 Å². The number of carbonyl (C=O) groups is 1. The summed E-state index contributed by atoms with van der Waals surface area (Å²) in [6.45, 7) is 7.62. The number of carbonyl (C=O) groups excluding carboxylic acids is 1. The normalized spacial score (nSPS) is 10.0. The first kappa shape index (κ1) is 17.2. The highest BCUT2D eigenvalue weighted by molar-refractivity contribution is 6.68. The average molecular weight is 292 g/mol. The largest absolute Gasteiger partial charge is 0.491 e. The molecule has 0 aliphatic heterocycles. The topological polar surface area (TPSA) is 29.5 Å². The van der Waals surface area contributed by atoms with E-state index in [1.54, 1.807) is 18.2 Å². The summed E-state index contributed by atoms with van der Waals surface area (Å²) >= 11 is 5.48. The van der Waals surface area contributed by atoms with Gasteiger partial charge in [-0.15, -0.1) is 12.4 Å². The van der Waals surface area contributed by atoms with Gasteiger partial charge in [-0.2, -0.15) is 0 Å². The van der Waals surface area contributed by atoms with Gasteiger partial charge in [0.1, 0.15) is 12.4 Å². The Morgan fingerprint density at radius 3 is 2.44 bits per heavy atom. The van der Waals surface area contributed by atoms with E-state index in [1.165, 1.54) is 0 Å². The maximum absolute atomic E-state index is 11.2. The molecule has 0 heterocycles. The summed E-state index contributed by atoms with van der Waals surface area (Å²) in [5.74, 6) is 0.555. The summed E-state index contributed by atoms with van der Waals surface area (Å²) in [4.78, 5) is 13.4.